The number of carboxylic acid groups (broad SMARTS) is 1. The van der Waals surface area contributed by atoms with E-state index in [-0.39, 0.29) is 6.54 Å². The summed E-state index contributed by atoms with van der Waals surface area (Å²) in [4.78, 5) is 12.3. The van der Waals surface area contributed by atoms with E-state index in [0.717, 1.165) is 0 Å². The Morgan fingerprint density at radius 2 is 2.21 bits per heavy atom. The SMILES string of the molecule is CN(C)/C=C/C(O)c1ccc(Cl)c(CNC(=O)O)c1. The fourth-order valence-electron chi connectivity index (χ4n) is 1.45. The number of halogens is 1. The van der Waals surface area contributed by atoms with Crippen LogP contribution in [0.5, 0.6) is 0 Å². The van der Waals surface area contributed by atoms with E-state index < -0.39 is 12.2 Å². The standard InChI is InChI=1S/C13H17ClN2O3/c1-16(2)6-5-12(17)9-3-4-11(14)10(7-9)8-15-13(18)19/h3-7,12,15,17H,8H2,1-2H3,(H,18,19)/b6-5+. The molecule has 0 bridgehead atoms. The molecular weight excluding hydrogens is 268 g/mol. The highest BCUT2D eigenvalue weighted by atomic mass is 35.5. The number of carbonyl (C=O) groups is 1. The van der Waals surface area contributed by atoms with E-state index in [1.54, 1.807) is 30.5 Å². The topological polar surface area (TPSA) is 72.8 Å². The number of aliphatic hydroxyl groups excluding tert-OH is 1. The summed E-state index contributed by atoms with van der Waals surface area (Å²) in [5.74, 6) is 0. The molecule has 0 aromatic heterocycles. The van der Waals surface area contributed by atoms with E-state index in [0.29, 0.717) is 16.1 Å². The van der Waals surface area contributed by atoms with Crippen LogP contribution in [0.25, 0.3) is 0 Å². The zero-order chi connectivity index (χ0) is 14.4. The normalized spacial score (nSPS) is 12.4. The highest BCUT2D eigenvalue weighted by molar-refractivity contribution is 6.31. The molecule has 0 aliphatic rings. The molecular formula is C13H17ClN2O3. The number of hydrogen-bond donors (Lipinski definition) is 3. The number of hydrogen-bond acceptors (Lipinski definition) is 3. The van der Waals surface area contributed by atoms with Gasteiger partial charge in [-0.2, -0.15) is 0 Å². The highest BCUT2D eigenvalue weighted by Crippen LogP contribution is 2.22. The molecule has 6 heteroatoms. The summed E-state index contributed by atoms with van der Waals surface area (Å²) in [6.07, 6.45) is 1.50. The first-order valence-corrected chi connectivity index (χ1v) is 6.06. The maximum absolute atomic E-state index is 10.5. The van der Waals surface area contributed by atoms with Gasteiger partial charge in [0.1, 0.15) is 0 Å². The summed E-state index contributed by atoms with van der Waals surface area (Å²) in [5, 5.41) is 21.2. The van der Waals surface area contributed by atoms with Gasteiger partial charge in [0.25, 0.3) is 0 Å². The van der Waals surface area contributed by atoms with Crippen molar-refractivity contribution in [2.45, 2.75) is 12.6 Å². The molecule has 0 heterocycles. The van der Waals surface area contributed by atoms with Crippen molar-refractivity contribution in [3.8, 4) is 0 Å². The third-order valence-corrected chi connectivity index (χ3v) is 2.78. The number of nitrogens with zero attached hydrogens (tertiary/aromatic N) is 1. The van der Waals surface area contributed by atoms with E-state index in [1.165, 1.54) is 0 Å². The molecule has 0 saturated heterocycles. The summed E-state index contributed by atoms with van der Waals surface area (Å²) < 4.78 is 0. The van der Waals surface area contributed by atoms with E-state index >= 15 is 0 Å². The van der Waals surface area contributed by atoms with Gasteiger partial charge in [0.15, 0.2) is 0 Å². The molecule has 1 amide bonds. The lowest BCUT2D eigenvalue weighted by atomic mass is 10.1. The van der Waals surface area contributed by atoms with Gasteiger partial charge in [0.2, 0.25) is 0 Å². The monoisotopic (exact) mass is 284 g/mol. The van der Waals surface area contributed by atoms with E-state index in [4.69, 9.17) is 16.7 Å². The van der Waals surface area contributed by atoms with Gasteiger partial charge in [0, 0.05) is 25.7 Å². The van der Waals surface area contributed by atoms with Crippen LogP contribution in [-0.4, -0.2) is 35.3 Å². The van der Waals surface area contributed by atoms with Gasteiger partial charge >= 0.3 is 6.09 Å². The Morgan fingerprint density at radius 1 is 1.53 bits per heavy atom. The van der Waals surface area contributed by atoms with Gasteiger partial charge in [-0.05, 0) is 35.5 Å². The average Bonchev–Trinajstić information content (AvgIpc) is 2.34. The lowest BCUT2D eigenvalue weighted by Gasteiger charge is -2.11. The number of nitrogens with one attached hydrogen (secondary N) is 1. The molecule has 5 nitrogen and oxygen atoms in total. The molecule has 1 rings (SSSR count). The Balaban J connectivity index is 2.85. The second-order valence-corrected chi connectivity index (χ2v) is 4.67. The van der Waals surface area contributed by atoms with Crippen LogP contribution in [0.3, 0.4) is 0 Å². The average molecular weight is 285 g/mol. The third-order valence-electron chi connectivity index (χ3n) is 2.41. The summed E-state index contributed by atoms with van der Waals surface area (Å²) in [7, 11) is 3.71. The van der Waals surface area contributed by atoms with Crippen molar-refractivity contribution in [2.24, 2.45) is 0 Å². The molecule has 19 heavy (non-hydrogen) atoms. The Bertz CT molecular complexity index is 475. The first-order valence-electron chi connectivity index (χ1n) is 5.68. The lowest BCUT2D eigenvalue weighted by molar-refractivity contribution is 0.194. The second kappa shape index (κ2) is 7.01. The minimum Gasteiger partial charge on any atom is -0.465 e. The molecule has 1 unspecified atom stereocenters. The Morgan fingerprint density at radius 3 is 2.79 bits per heavy atom. The van der Waals surface area contributed by atoms with E-state index in [9.17, 15) is 9.90 Å². The van der Waals surface area contributed by atoms with Crippen molar-refractivity contribution in [1.29, 1.82) is 0 Å². The van der Waals surface area contributed by atoms with Gasteiger partial charge in [-0.25, -0.2) is 4.79 Å². The number of aliphatic hydroxyl groups is 1. The molecule has 0 aliphatic carbocycles. The minimum atomic E-state index is -1.12. The van der Waals surface area contributed by atoms with Crippen molar-refractivity contribution in [1.82, 2.24) is 10.2 Å². The minimum absolute atomic E-state index is 0.103. The predicted octanol–water partition coefficient (Wildman–Crippen LogP) is 2.22. The maximum Gasteiger partial charge on any atom is 0.404 e. The molecule has 0 radical (unpaired) electrons. The first kappa shape index (κ1) is 15.3. The molecule has 1 atom stereocenters. The molecule has 3 N–H and O–H groups in total. The molecule has 0 saturated carbocycles. The molecule has 0 aliphatic heterocycles. The maximum atomic E-state index is 10.5. The van der Waals surface area contributed by atoms with Gasteiger partial charge in [-0.3, -0.25) is 0 Å². The molecule has 0 spiro atoms. The smallest absolute Gasteiger partial charge is 0.404 e. The molecule has 1 aromatic carbocycles. The van der Waals surface area contributed by atoms with Gasteiger partial charge in [-0.15, -0.1) is 0 Å². The predicted molar refractivity (Wildman–Crippen MR) is 74.1 cm³/mol. The van der Waals surface area contributed by atoms with Gasteiger partial charge in [0.05, 0.1) is 6.10 Å². The van der Waals surface area contributed by atoms with Gasteiger partial charge < -0.3 is 20.4 Å². The largest absolute Gasteiger partial charge is 0.465 e. The van der Waals surface area contributed by atoms with Gasteiger partial charge in [-0.1, -0.05) is 17.7 Å². The van der Waals surface area contributed by atoms with Crippen LogP contribution < -0.4 is 5.32 Å². The van der Waals surface area contributed by atoms with Crippen molar-refractivity contribution in [2.75, 3.05) is 14.1 Å². The van der Waals surface area contributed by atoms with Crippen molar-refractivity contribution in [3.63, 3.8) is 0 Å². The zero-order valence-corrected chi connectivity index (χ0v) is 11.6. The summed E-state index contributed by atoms with van der Waals surface area (Å²) >= 11 is 5.97. The number of amides is 1. The summed E-state index contributed by atoms with van der Waals surface area (Å²) in [6.45, 7) is 0.103. The first-order chi connectivity index (χ1) is 8.90. The zero-order valence-electron chi connectivity index (χ0n) is 10.8. The molecule has 0 fully saturated rings. The summed E-state index contributed by atoms with van der Waals surface area (Å²) in [6, 6.07) is 5.03. The van der Waals surface area contributed by atoms with Crippen molar-refractivity contribution in [3.05, 3.63) is 46.6 Å². The quantitative estimate of drug-likeness (QED) is 0.775. The summed E-state index contributed by atoms with van der Waals surface area (Å²) in [5.41, 5.74) is 1.28. The van der Waals surface area contributed by atoms with Crippen LogP contribution >= 0.6 is 11.6 Å². The van der Waals surface area contributed by atoms with Crippen LogP contribution in [0.2, 0.25) is 5.02 Å². The highest BCUT2D eigenvalue weighted by Gasteiger charge is 2.08. The van der Waals surface area contributed by atoms with Crippen LogP contribution in [0, 0.1) is 0 Å². The number of rotatable bonds is 5. The Labute approximate surface area is 117 Å². The van der Waals surface area contributed by atoms with E-state index in [2.05, 4.69) is 5.32 Å². The van der Waals surface area contributed by atoms with Crippen molar-refractivity contribution < 1.29 is 15.0 Å². The van der Waals surface area contributed by atoms with Crippen LogP contribution in [-0.2, 0) is 6.54 Å². The number of benzene rings is 1. The molecule has 104 valence electrons. The fourth-order valence-corrected chi connectivity index (χ4v) is 1.63. The van der Waals surface area contributed by atoms with E-state index in [1.807, 2.05) is 19.0 Å². The van der Waals surface area contributed by atoms with Crippen LogP contribution in [0.4, 0.5) is 4.79 Å². The lowest BCUT2D eigenvalue weighted by Crippen LogP contribution is -2.20. The third kappa shape index (κ3) is 5.19. The Kier molecular flexibility index (Phi) is 5.66. The molecule has 1 aromatic rings. The Hall–Kier alpha value is -1.72. The second-order valence-electron chi connectivity index (χ2n) is 4.26. The van der Waals surface area contributed by atoms with Crippen LogP contribution in [0.15, 0.2) is 30.5 Å². The van der Waals surface area contributed by atoms with Crippen molar-refractivity contribution >= 4 is 17.7 Å². The van der Waals surface area contributed by atoms with Crippen LogP contribution in [0.1, 0.15) is 17.2 Å². The fraction of sp³-hybridized carbons (Fsp3) is 0.308.